The summed E-state index contributed by atoms with van der Waals surface area (Å²) in [6.07, 6.45) is 3.24. The fraction of sp³-hybridized carbons (Fsp3) is 0.567. The molecule has 4 aliphatic rings. The largest absolute Gasteiger partial charge is 0.508 e. The van der Waals surface area contributed by atoms with E-state index < -0.39 is 75.6 Å². The number of phenolic OH excluding ortho intramolecular Hbond substituents is 1. The van der Waals surface area contributed by atoms with Crippen LogP contribution in [0.2, 0.25) is 0 Å². The lowest BCUT2D eigenvalue weighted by Crippen LogP contribution is -2.70. The molecule has 1 aromatic rings. The molecule has 0 bridgehead atoms. The Morgan fingerprint density at radius 3 is 2.35 bits per heavy atom. The second kappa shape index (κ2) is 9.71. The number of carbonyl (C=O) groups is 3. The van der Waals surface area contributed by atoms with Crippen LogP contribution < -0.4 is 5.32 Å². The molecule has 5 rings (SSSR count). The van der Waals surface area contributed by atoms with Gasteiger partial charge < -0.3 is 30.8 Å². The van der Waals surface area contributed by atoms with Gasteiger partial charge >= 0.3 is 0 Å². The number of aliphatic hydroxyl groups excluding tert-OH is 3. The number of hydrogen-bond donors (Lipinski definition) is 6. The number of ketones is 2. The third-order valence-corrected chi connectivity index (χ3v) is 9.84. The number of likely N-dealkylation sites (N-methyl/N-ethyl adjacent to an activating group) is 1. The molecule has 40 heavy (non-hydrogen) atoms. The van der Waals surface area contributed by atoms with Crippen molar-refractivity contribution in [2.75, 3.05) is 14.1 Å². The van der Waals surface area contributed by atoms with Crippen molar-refractivity contribution in [3.05, 3.63) is 46.2 Å². The van der Waals surface area contributed by atoms with Gasteiger partial charge in [-0.1, -0.05) is 45.2 Å². The monoisotopic (exact) mass is 554 g/mol. The average molecular weight is 555 g/mol. The van der Waals surface area contributed by atoms with Crippen molar-refractivity contribution in [3.63, 3.8) is 0 Å². The summed E-state index contributed by atoms with van der Waals surface area (Å²) in [5.41, 5.74) is -4.04. The molecule has 4 aliphatic carbocycles. The van der Waals surface area contributed by atoms with E-state index in [-0.39, 0.29) is 16.9 Å². The highest BCUT2D eigenvalue weighted by atomic mass is 16.4. The maximum absolute atomic E-state index is 14.2. The number of aromatic hydroxyl groups is 1. The zero-order valence-electron chi connectivity index (χ0n) is 23.3. The van der Waals surface area contributed by atoms with E-state index in [1.165, 1.54) is 25.1 Å². The molecule has 0 saturated heterocycles. The van der Waals surface area contributed by atoms with Gasteiger partial charge in [-0.2, -0.15) is 0 Å². The Kier molecular flexibility index (Phi) is 6.88. The Hall–Kier alpha value is -3.21. The molecule has 0 aromatic heterocycles. The number of phenols is 1. The van der Waals surface area contributed by atoms with Gasteiger partial charge in [0, 0.05) is 17.0 Å². The van der Waals surface area contributed by atoms with Crippen LogP contribution in [0.1, 0.15) is 69.4 Å². The Morgan fingerprint density at radius 1 is 1.10 bits per heavy atom. The summed E-state index contributed by atoms with van der Waals surface area (Å²) in [5.74, 6) is -8.00. The first-order valence-electron chi connectivity index (χ1n) is 14.0. The molecular formula is C30H38N2O8. The smallest absolute Gasteiger partial charge is 0.258 e. The minimum absolute atomic E-state index is 0.00326. The van der Waals surface area contributed by atoms with Crippen LogP contribution in [0.4, 0.5) is 0 Å². The molecule has 1 aromatic carbocycles. The summed E-state index contributed by atoms with van der Waals surface area (Å²) in [6, 6.07) is 3.26. The number of rotatable bonds is 4. The van der Waals surface area contributed by atoms with Crippen LogP contribution >= 0.6 is 0 Å². The van der Waals surface area contributed by atoms with Gasteiger partial charge in [0.15, 0.2) is 11.4 Å². The Labute approximate surface area is 233 Å². The highest BCUT2D eigenvalue weighted by Gasteiger charge is 2.68. The van der Waals surface area contributed by atoms with Gasteiger partial charge in [-0.25, -0.2) is 0 Å². The minimum atomic E-state index is -2.87. The summed E-state index contributed by atoms with van der Waals surface area (Å²) >= 11 is 0. The lowest BCUT2D eigenvalue weighted by molar-refractivity contribution is -0.169. The molecule has 6 atom stereocenters. The van der Waals surface area contributed by atoms with Crippen molar-refractivity contribution in [3.8, 4) is 5.75 Å². The number of Topliss-reactive ketones (excluding diaryl/α,β-unsaturated/α-hetero) is 2. The van der Waals surface area contributed by atoms with Crippen LogP contribution in [-0.2, 0) is 14.4 Å². The van der Waals surface area contributed by atoms with Crippen LogP contribution in [0.25, 0.3) is 5.76 Å². The number of nitrogens with one attached hydrogen (secondary N) is 1. The molecule has 0 radical (unpaired) electrons. The van der Waals surface area contributed by atoms with E-state index >= 15 is 0 Å². The second-order valence-electron chi connectivity index (χ2n) is 12.1. The van der Waals surface area contributed by atoms with E-state index in [4.69, 9.17) is 0 Å². The van der Waals surface area contributed by atoms with Gasteiger partial charge in [0.2, 0.25) is 5.78 Å². The predicted molar refractivity (Wildman–Crippen MR) is 145 cm³/mol. The lowest BCUT2D eigenvalue weighted by atomic mass is 9.54. The first kappa shape index (κ1) is 28.3. The van der Waals surface area contributed by atoms with Crippen molar-refractivity contribution in [2.24, 2.45) is 11.8 Å². The zero-order chi connectivity index (χ0) is 29.3. The molecule has 0 unspecified atom stereocenters. The number of benzene rings is 1. The highest BCUT2D eigenvalue weighted by Crippen LogP contribution is 2.56. The zero-order valence-corrected chi connectivity index (χ0v) is 23.3. The third kappa shape index (κ3) is 3.76. The molecule has 0 aliphatic heterocycles. The molecule has 2 fully saturated rings. The van der Waals surface area contributed by atoms with E-state index in [1.54, 1.807) is 19.1 Å². The molecule has 10 heteroatoms. The van der Waals surface area contributed by atoms with Gasteiger partial charge in [0.25, 0.3) is 5.91 Å². The molecule has 216 valence electrons. The van der Waals surface area contributed by atoms with Crippen molar-refractivity contribution >= 4 is 23.2 Å². The number of carbonyl (C=O) groups excluding carboxylic acids is 3. The quantitative estimate of drug-likeness (QED) is 0.306. The molecule has 2 saturated carbocycles. The first-order chi connectivity index (χ1) is 18.8. The van der Waals surface area contributed by atoms with Crippen LogP contribution in [0.15, 0.2) is 35.1 Å². The molecule has 10 nitrogen and oxygen atoms in total. The molecule has 1 amide bonds. The maximum atomic E-state index is 14.2. The fourth-order valence-electron chi connectivity index (χ4n) is 7.66. The number of aliphatic hydroxyl groups is 4. The SMILES string of the molecule is CCC1(NC(=O)C2=C(O)[C@]3(O)C(=O)C4=C(O)c5c(O)cccc5[C@@H](C)[C@@H]4[C@@H](O)[C@@H]3[C@@H](N(C)C)C2=O)CCCCC1. The van der Waals surface area contributed by atoms with Gasteiger partial charge in [-0.3, -0.25) is 19.3 Å². The summed E-state index contributed by atoms with van der Waals surface area (Å²) < 4.78 is 0. The number of amides is 1. The second-order valence-corrected chi connectivity index (χ2v) is 12.1. The van der Waals surface area contributed by atoms with Crippen LogP contribution in [0.5, 0.6) is 5.75 Å². The summed E-state index contributed by atoms with van der Waals surface area (Å²) in [6.45, 7) is 3.65. The van der Waals surface area contributed by atoms with Crippen molar-refractivity contribution in [1.29, 1.82) is 0 Å². The Morgan fingerprint density at radius 2 is 1.75 bits per heavy atom. The van der Waals surface area contributed by atoms with Crippen LogP contribution in [0.3, 0.4) is 0 Å². The van der Waals surface area contributed by atoms with E-state index in [9.17, 15) is 39.9 Å². The lowest BCUT2D eigenvalue weighted by Gasteiger charge is -2.54. The Balaban J connectivity index is 1.70. The van der Waals surface area contributed by atoms with Crippen molar-refractivity contribution in [1.82, 2.24) is 10.2 Å². The normalized spacial score (nSPS) is 33.4. The van der Waals surface area contributed by atoms with E-state index in [1.807, 2.05) is 6.92 Å². The molecule has 0 heterocycles. The van der Waals surface area contributed by atoms with Gasteiger partial charge in [-0.05, 0) is 50.9 Å². The molecular weight excluding hydrogens is 516 g/mol. The fourth-order valence-corrected chi connectivity index (χ4v) is 7.66. The third-order valence-electron chi connectivity index (χ3n) is 9.84. The Bertz CT molecular complexity index is 1340. The van der Waals surface area contributed by atoms with E-state index in [0.29, 0.717) is 24.8 Å². The van der Waals surface area contributed by atoms with Crippen LogP contribution in [-0.4, -0.2) is 85.3 Å². The standard InChI is InChI=1S/C30H38N2O8/c1-5-29(12-7-6-8-13-29)31-28(39)20-25(36)22(32(3)4)21-24(35)17-14(2)15-10-9-11-16(33)18(15)23(34)19(17)26(37)30(21,40)27(20)38/h9-11,14,17,21-22,24,33-35,38,40H,5-8,12-13H2,1-4H3,(H,31,39)/t14-,17+,21+,22-,24-,30-/m1/s1. The van der Waals surface area contributed by atoms with Gasteiger partial charge in [-0.15, -0.1) is 0 Å². The summed E-state index contributed by atoms with van der Waals surface area (Å²) in [7, 11) is 3.07. The number of hydrogen-bond acceptors (Lipinski definition) is 9. The maximum Gasteiger partial charge on any atom is 0.258 e. The van der Waals surface area contributed by atoms with E-state index in [0.717, 1.165) is 19.3 Å². The first-order valence-corrected chi connectivity index (χ1v) is 14.0. The number of nitrogens with zero attached hydrogens (tertiary/aromatic N) is 1. The molecule has 0 spiro atoms. The van der Waals surface area contributed by atoms with Gasteiger partial charge in [0.05, 0.1) is 23.6 Å². The highest BCUT2D eigenvalue weighted by molar-refractivity contribution is 6.25. The number of fused-ring (bicyclic) bond motifs is 3. The minimum Gasteiger partial charge on any atom is -0.508 e. The topological polar surface area (TPSA) is 168 Å². The average Bonchev–Trinajstić information content (AvgIpc) is 2.91. The summed E-state index contributed by atoms with van der Waals surface area (Å²) in [4.78, 5) is 43.2. The van der Waals surface area contributed by atoms with Crippen LogP contribution in [0, 0.1) is 11.8 Å². The van der Waals surface area contributed by atoms with E-state index in [2.05, 4.69) is 5.32 Å². The van der Waals surface area contributed by atoms with Crippen molar-refractivity contribution in [2.45, 2.75) is 81.6 Å². The van der Waals surface area contributed by atoms with Gasteiger partial charge in [0.1, 0.15) is 22.8 Å². The predicted octanol–water partition coefficient (Wildman–Crippen LogP) is 2.24. The van der Waals surface area contributed by atoms with Crippen molar-refractivity contribution < 1.29 is 39.9 Å². The summed E-state index contributed by atoms with van der Waals surface area (Å²) in [5, 5.41) is 60.0. The molecule has 6 N–H and O–H groups in total.